The summed E-state index contributed by atoms with van der Waals surface area (Å²) in [5.74, 6) is -1.30. The third kappa shape index (κ3) is 5.90. The molecule has 0 radical (unpaired) electrons. The predicted octanol–water partition coefficient (Wildman–Crippen LogP) is 0.354. The Balaban J connectivity index is 1.95. The predicted molar refractivity (Wildman–Crippen MR) is 101 cm³/mol. The van der Waals surface area contributed by atoms with Crippen LogP contribution in [-0.2, 0) is 19.6 Å². The average molecular weight is 418 g/mol. The van der Waals surface area contributed by atoms with Gasteiger partial charge in [0.15, 0.2) is 0 Å². The second-order valence-corrected chi connectivity index (χ2v) is 8.90. The Morgan fingerprint density at radius 3 is 2.63 bits per heavy atom. The largest absolute Gasteiger partial charge is 0.394 e. The zero-order valence-corrected chi connectivity index (χ0v) is 16.6. The van der Waals surface area contributed by atoms with E-state index in [1.54, 1.807) is 6.92 Å². The number of sulfonamides is 1. The van der Waals surface area contributed by atoms with Gasteiger partial charge in [-0.25, -0.2) is 8.42 Å². The molecule has 10 heteroatoms. The molecule has 1 aromatic rings. The number of carbonyl (C=O) groups is 2. The molecular formula is C17H24ClN3O5S. The highest BCUT2D eigenvalue weighted by molar-refractivity contribution is 7.89. The van der Waals surface area contributed by atoms with E-state index in [1.807, 2.05) is 0 Å². The summed E-state index contributed by atoms with van der Waals surface area (Å²) in [6, 6.07) is 5.50. The number of piperidine rings is 1. The molecular weight excluding hydrogens is 394 g/mol. The van der Waals surface area contributed by atoms with E-state index in [0.717, 1.165) is 0 Å². The molecule has 1 aliphatic rings. The molecule has 150 valence electrons. The Morgan fingerprint density at radius 1 is 1.33 bits per heavy atom. The van der Waals surface area contributed by atoms with E-state index in [9.17, 15) is 18.0 Å². The number of nitrogens with zero attached hydrogens (tertiary/aromatic N) is 1. The number of rotatable bonds is 7. The zero-order valence-electron chi connectivity index (χ0n) is 15.0. The van der Waals surface area contributed by atoms with E-state index in [0.29, 0.717) is 24.4 Å². The molecule has 1 fully saturated rings. The fourth-order valence-electron chi connectivity index (χ4n) is 2.81. The van der Waals surface area contributed by atoms with Gasteiger partial charge in [-0.15, -0.1) is 0 Å². The van der Waals surface area contributed by atoms with Crippen LogP contribution in [0.2, 0.25) is 5.02 Å². The Morgan fingerprint density at radius 2 is 2.00 bits per heavy atom. The van der Waals surface area contributed by atoms with Gasteiger partial charge in [0, 0.05) is 24.2 Å². The molecule has 2 amide bonds. The zero-order chi connectivity index (χ0) is 20.0. The fourth-order valence-corrected chi connectivity index (χ4v) is 4.46. The van der Waals surface area contributed by atoms with Gasteiger partial charge in [0.1, 0.15) is 0 Å². The molecule has 1 unspecified atom stereocenters. The third-order valence-corrected chi connectivity index (χ3v) is 6.44. The number of aliphatic hydroxyl groups is 1. The van der Waals surface area contributed by atoms with Crippen molar-refractivity contribution in [2.45, 2.75) is 30.7 Å². The number of hydrogen-bond donors (Lipinski definition) is 3. The SMILES string of the molecule is C[C@@H](CO)NC(=O)CNC(=O)C1CCCN(S(=O)(=O)c2ccc(Cl)cc2)C1. The standard InChI is InChI=1S/C17H24ClN3O5S/c1-12(11-22)20-16(23)9-19-17(24)13-3-2-8-21(10-13)27(25,26)15-6-4-14(18)5-7-15/h4-7,12-13,22H,2-3,8-11H2,1H3,(H,19,24)(H,20,23)/t12-,13?/m0/s1. The Hall–Kier alpha value is -1.68. The Bertz CT molecular complexity index is 769. The topological polar surface area (TPSA) is 116 Å². The van der Waals surface area contributed by atoms with E-state index >= 15 is 0 Å². The first-order valence-electron chi connectivity index (χ1n) is 8.67. The maximum atomic E-state index is 12.8. The van der Waals surface area contributed by atoms with Crippen LogP contribution in [0, 0.1) is 5.92 Å². The minimum absolute atomic E-state index is 0.0610. The molecule has 8 nitrogen and oxygen atoms in total. The van der Waals surface area contributed by atoms with Gasteiger partial charge in [0.05, 0.1) is 24.0 Å². The van der Waals surface area contributed by atoms with Gasteiger partial charge < -0.3 is 15.7 Å². The molecule has 1 aliphatic heterocycles. The summed E-state index contributed by atoms with van der Waals surface area (Å²) < 4.78 is 26.8. The maximum Gasteiger partial charge on any atom is 0.243 e. The highest BCUT2D eigenvalue weighted by Gasteiger charge is 2.33. The van der Waals surface area contributed by atoms with E-state index < -0.39 is 27.9 Å². The fraction of sp³-hybridized carbons (Fsp3) is 0.529. The van der Waals surface area contributed by atoms with Gasteiger partial charge >= 0.3 is 0 Å². The van der Waals surface area contributed by atoms with Crippen molar-refractivity contribution < 1.29 is 23.1 Å². The summed E-state index contributed by atoms with van der Waals surface area (Å²) in [6.07, 6.45) is 1.10. The van der Waals surface area contributed by atoms with E-state index in [1.165, 1.54) is 28.6 Å². The first-order chi connectivity index (χ1) is 12.7. The minimum atomic E-state index is -3.71. The molecule has 1 heterocycles. The minimum Gasteiger partial charge on any atom is -0.394 e. The highest BCUT2D eigenvalue weighted by Crippen LogP contribution is 2.24. The summed E-state index contributed by atoms with van der Waals surface area (Å²) >= 11 is 5.81. The number of benzene rings is 1. The van der Waals surface area contributed by atoms with Gasteiger partial charge in [0.25, 0.3) is 0 Å². The van der Waals surface area contributed by atoms with Crippen molar-refractivity contribution in [3.63, 3.8) is 0 Å². The molecule has 0 aliphatic carbocycles. The van der Waals surface area contributed by atoms with Crippen LogP contribution in [0.4, 0.5) is 0 Å². The Labute approximate surface area is 163 Å². The molecule has 27 heavy (non-hydrogen) atoms. The Kier molecular flexibility index (Phi) is 7.60. The van der Waals surface area contributed by atoms with Crippen molar-refractivity contribution in [1.82, 2.24) is 14.9 Å². The summed E-state index contributed by atoms with van der Waals surface area (Å²) in [4.78, 5) is 24.1. The van der Waals surface area contributed by atoms with Gasteiger partial charge in [0.2, 0.25) is 21.8 Å². The second-order valence-electron chi connectivity index (χ2n) is 6.53. The summed E-state index contributed by atoms with van der Waals surface area (Å²) in [5.41, 5.74) is 0. The molecule has 0 saturated carbocycles. The molecule has 2 atom stereocenters. The van der Waals surface area contributed by atoms with Crippen molar-refractivity contribution in [3.05, 3.63) is 29.3 Å². The molecule has 3 N–H and O–H groups in total. The van der Waals surface area contributed by atoms with Crippen molar-refractivity contribution in [2.75, 3.05) is 26.2 Å². The smallest absolute Gasteiger partial charge is 0.243 e. The molecule has 0 spiro atoms. The lowest BCUT2D eigenvalue weighted by molar-refractivity contribution is -0.129. The lowest BCUT2D eigenvalue weighted by Crippen LogP contribution is -2.48. The summed E-state index contributed by atoms with van der Waals surface area (Å²) in [6.45, 7) is 1.62. The number of hydrogen-bond acceptors (Lipinski definition) is 5. The average Bonchev–Trinajstić information content (AvgIpc) is 2.66. The van der Waals surface area contributed by atoms with E-state index in [-0.39, 0.29) is 30.5 Å². The van der Waals surface area contributed by atoms with Crippen LogP contribution in [0.25, 0.3) is 0 Å². The number of nitrogens with one attached hydrogen (secondary N) is 2. The summed E-state index contributed by atoms with van der Waals surface area (Å²) in [7, 11) is -3.71. The van der Waals surface area contributed by atoms with E-state index in [4.69, 9.17) is 16.7 Å². The van der Waals surface area contributed by atoms with Crippen LogP contribution in [0.15, 0.2) is 29.2 Å². The number of halogens is 1. The van der Waals surface area contributed by atoms with Crippen molar-refractivity contribution in [2.24, 2.45) is 5.92 Å². The van der Waals surface area contributed by atoms with E-state index in [2.05, 4.69) is 10.6 Å². The summed E-state index contributed by atoms with van der Waals surface area (Å²) in [5, 5.41) is 14.4. The van der Waals surface area contributed by atoms with Gasteiger partial charge in [-0.3, -0.25) is 9.59 Å². The van der Waals surface area contributed by atoms with Crippen molar-refractivity contribution in [3.8, 4) is 0 Å². The first-order valence-corrected chi connectivity index (χ1v) is 10.5. The molecule has 1 saturated heterocycles. The molecule has 0 aromatic heterocycles. The van der Waals surface area contributed by atoms with Gasteiger partial charge in [-0.2, -0.15) is 4.31 Å². The van der Waals surface area contributed by atoms with Crippen LogP contribution < -0.4 is 10.6 Å². The van der Waals surface area contributed by atoms with Crippen molar-refractivity contribution >= 4 is 33.4 Å². The molecule has 1 aromatic carbocycles. The quantitative estimate of drug-likeness (QED) is 0.592. The first kappa shape index (κ1) is 21.6. The van der Waals surface area contributed by atoms with Crippen LogP contribution in [-0.4, -0.2) is 61.9 Å². The number of amides is 2. The second kappa shape index (κ2) is 9.50. The normalized spacial score (nSPS) is 19.3. The lowest BCUT2D eigenvalue weighted by atomic mass is 9.99. The molecule has 2 rings (SSSR count). The maximum absolute atomic E-state index is 12.8. The van der Waals surface area contributed by atoms with Crippen LogP contribution >= 0.6 is 11.6 Å². The lowest BCUT2D eigenvalue weighted by Gasteiger charge is -2.31. The van der Waals surface area contributed by atoms with Gasteiger partial charge in [-0.05, 0) is 44.0 Å². The third-order valence-electron chi connectivity index (χ3n) is 4.31. The van der Waals surface area contributed by atoms with Crippen LogP contribution in [0.5, 0.6) is 0 Å². The number of carbonyl (C=O) groups excluding carboxylic acids is 2. The van der Waals surface area contributed by atoms with Crippen LogP contribution in [0.1, 0.15) is 19.8 Å². The molecule has 0 bridgehead atoms. The van der Waals surface area contributed by atoms with Gasteiger partial charge in [-0.1, -0.05) is 11.6 Å². The van der Waals surface area contributed by atoms with Crippen LogP contribution in [0.3, 0.4) is 0 Å². The number of aliphatic hydroxyl groups excluding tert-OH is 1. The monoisotopic (exact) mass is 417 g/mol. The highest BCUT2D eigenvalue weighted by atomic mass is 35.5. The van der Waals surface area contributed by atoms with Crippen molar-refractivity contribution in [1.29, 1.82) is 0 Å².